The number of nitrogen functional groups attached to an aromatic ring is 1. The molecule has 0 aliphatic carbocycles. The van der Waals surface area contributed by atoms with Crippen LogP contribution in [0.3, 0.4) is 0 Å². The molecule has 0 fully saturated rings. The van der Waals surface area contributed by atoms with E-state index in [1.165, 1.54) is 0 Å². The second-order valence-corrected chi connectivity index (χ2v) is 3.91. The summed E-state index contributed by atoms with van der Waals surface area (Å²) in [5.74, 6) is -1.08. The van der Waals surface area contributed by atoms with Gasteiger partial charge in [0.05, 0.1) is 11.8 Å². The quantitative estimate of drug-likeness (QED) is 0.853. The first-order valence-corrected chi connectivity index (χ1v) is 5.35. The van der Waals surface area contributed by atoms with E-state index >= 15 is 0 Å². The van der Waals surface area contributed by atoms with Crippen molar-refractivity contribution in [3.63, 3.8) is 0 Å². The predicted molar refractivity (Wildman–Crippen MR) is 67.7 cm³/mol. The van der Waals surface area contributed by atoms with Crippen molar-refractivity contribution < 1.29 is 9.18 Å². The second kappa shape index (κ2) is 4.83. The molecule has 1 heterocycles. The van der Waals surface area contributed by atoms with Crippen molar-refractivity contribution in [2.24, 2.45) is 0 Å². The van der Waals surface area contributed by atoms with Crippen LogP contribution in [0.2, 0.25) is 0 Å². The fourth-order valence-electron chi connectivity index (χ4n) is 1.55. The largest absolute Gasteiger partial charge is 0.383 e. The van der Waals surface area contributed by atoms with Crippen LogP contribution in [0.4, 0.5) is 15.9 Å². The van der Waals surface area contributed by atoms with Gasteiger partial charge in [0, 0.05) is 5.69 Å². The van der Waals surface area contributed by atoms with E-state index in [1.807, 2.05) is 19.1 Å². The molecular weight excluding hydrogens is 233 g/mol. The lowest BCUT2D eigenvalue weighted by Gasteiger charge is -2.07. The van der Waals surface area contributed by atoms with E-state index in [4.69, 9.17) is 5.73 Å². The van der Waals surface area contributed by atoms with Crippen molar-refractivity contribution in [1.29, 1.82) is 0 Å². The topological polar surface area (TPSA) is 68.0 Å². The Morgan fingerprint density at radius 3 is 2.89 bits per heavy atom. The lowest BCUT2D eigenvalue weighted by atomic mass is 10.2. The highest BCUT2D eigenvalue weighted by atomic mass is 19.1. The number of aromatic nitrogens is 1. The number of nitrogens with two attached hydrogens (primary N) is 1. The van der Waals surface area contributed by atoms with Crippen molar-refractivity contribution in [1.82, 2.24) is 4.98 Å². The van der Waals surface area contributed by atoms with Gasteiger partial charge in [-0.25, -0.2) is 9.37 Å². The molecule has 0 saturated heterocycles. The molecule has 0 aliphatic rings. The number of rotatable bonds is 2. The smallest absolute Gasteiger partial charge is 0.259 e. The molecule has 0 aliphatic heterocycles. The van der Waals surface area contributed by atoms with Gasteiger partial charge in [-0.1, -0.05) is 12.1 Å². The molecule has 0 saturated carbocycles. The third-order valence-corrected chi connectivity index (χ3v) is 2.41. The van der Waals surface area contributed by atoms with E-state index in [0.29, 0.717) is 5.69 Å². The van der Waals surface area contributed by atoms with Gasteiger partial charge in [-0.2, -0.15) is 0 Å². The Kier molecular flexibility index (Phi) is 3.23. The SMILES string of the molecule is Cc1cccc(NC(=O)c2cc(F)cnc2N)c1. The first kappa shape index (κ1) is 12.0. The van der Waals surface area contributed by atoms with Crippen molar-refractivity contribution in [2.75, 3.05) is 11.1 Å². The summed E-state index contributed by atoms with van der Waals surface area (Å²) < 4.78 is 13.0. The van der Waals surface area contributed by atoms with Gasteiger partial charge in [0.2, 0.25) is 0 Å². The standard InChI is InChI=1S/C13H12FN3O/c1-8-3-2-4-10(5-8)17-13(18)11-6-9(14)7-16-12(11)15/h2-7H,1H3,(H2,15,16)(H,17,18). The molecular formula is C13H12FN3O. The van der Waals surface area contributed by atoms with Crippen LogP contribution >= 0.6 is 0 Å². The summed E-state index contributed by atoms with van der Waals surface area (Å²) in [4.78, 5) is 15.5. The Balaban J connectivity index is 2.24. The number of benzene rings is 1. The van der Waals surface area contributed by atoms with Crippen LogP contribution in [-0.2, 0) is 0 Å². The van der Waals surface area contributed by atoms with Gasteiger partial charge >= 0.3 is 0 Å². The van der Waals surface area contributed by atoms with Gasteiger partial charge in [-0.05, 0) is 30.7 Å². The number of carbonyl (C=O) groups is 1. The van der Waals surface area contributed by atoms with Crippen LogP contribution in [0.25, 0.3) is 0 Å². The highest BCUT2D eigenvalue weighted by Crippen LogP contribution is 2.14. The zero-order chi connectivity index (χ0) is 13.1. The summed E-state index contributed by atoms with van der Waals surface area (Å²) in [7, 11) is 0. The summed E-state index contributed by atoms with van der Waals surface area (Å²) in [6, 6.07) is 8.34. The zero-order valence-electron chi connectivity index (χ0n) is 9.77. The van der Waals surface area contributed by atoms with E-state index in [2.05, 4.69) is 10.3 Å². The molecule has 0 bridgehead atoms. The third-order valence-electron chi connectivity index (χ3n) is 2.41. The summed E-state index contributed by atoms with van der Waals surface area (Å²) in [6.07, 6.45) is 0.971. The lowest BCUT2D eigenvalue weighted by Crippen LogP contribution is -2.15. The number of nitrogens with zero attached hydrogens (tertiary/aromatic N) is 1. The molecule has 18 heavy (non-hydrogen) atoms. The third kappa shape index (κ3) is 2.63. The zero-order valence-corrected chi connectivity index (χ0v) is 9.77. The molecule has 0 radical (unpaired) electrons. The van der Waals surface area contributed by atoms with Crippen LogP contribution < -0.4 is 11.1 Å². The number of pyridine rings is 1. The highest BCUT2D eigenvalue weighted by Gasteiger charge is 2.12. The number of nitrogens with one attached hydrogen (secondary N) is 1. The summed E-state index contributed by atoms with van der Waals surface area (Å²) in [6.45, 7) is 1.91. The van der Waals surface area contributed by atoms with Crippen LogP contribution in [0, 0.1) is 12.7 Å². The minimum atomic E-state index is -0.599. The fraction of sp³-hybridized carbons (Fsp3) is 0.0769. The van der Waals surface area contributed by atoms with Gasteiger partial charge < -0.3 is 11.1 Å². The van der Waals surface area contributed by atoms with E-state index in [-0.39, 0.29) is 11.4 Å². The van der Waals surface area contributed by atoms with Gasteiger partial charge in [-0.3, -0.25) is 4.79 Å². The summed E-state index contributed by atoms with van der Waals surface area (Å²) in [5.41, 5.74) is 7.20. The Morgan fingerprint density at radius 1 is 1.39 bits per heavy atom. The summed E-state index contributed by atoms with van der Waals surface area (Å²) >= 11 is 0. The van der Waals surface area contributed by atoms with Crippen molar-refractivity contribution in [2.45, 2.75) is 6.92 Å². The van der Waals surface area contributed by atoms with Gasteiger partial charge in [0.25, 0.3) is 5.91 Å². The molecule has 0 unspecified atom stereocenters. The molecule has 4 nitrogen and oxygen atoms in total. The van der Waals surface area contributed by atoms with E-state index in [0.717, 1.165) is 17.8 Å². The molecule has 92 valence electrons. The van der Waals surface area contributed by atoms with Crippen molar-refractivity contribution in [3.8, 4) is 0 Å². The normalized spacial score (nSPS) is 10.1. The molecule has 0 spiro atoms. The molecule has 2 aromatic rings. The van der Waals surface area contributed by atoms with Gasteiger partial charge in [0.15, 0.2) is 0 Å². The maximum atomic E-state index is 13.0. The molecule has 2 rings (SSSR count). The average Bonchev–Trinajstić information content (AvgIpc) is 2.32. The van der Waals surface area contributed by atoms with Gasteiger partial charge in [0.1, 0.15) is 11.6 Å². The Morgan fingerprint density at radius 2 is 2.17 bits per heavy atom. The average molecular weight is 245 g/mol. The maximum absolute atomic E-state index is 13.0. The number of amides is 1. The van der Waals surface area contributed by atoms with Crippen molar-refractivity contribution >= 4 is 17.4 Å². The molecule has 1 amide bonds. The van der Waals surface area contributed by atoms with E-state index in [1.54, 1.807) is 12.1 Å². The first-order chi connectivity index (χ1) is 8.56. The Labute approximate surface area is 104 Å². The molecule has 1 aromatic carbocycles. The first-order valence-electron chi connectivity index (χ1n) is 5.35. The molecule has 0 atom stereocenters. The molecule has 5 heteroatoms. The van der Waals surface area contributed by atoms with E-state index in [9.17, 15) is 9.18 Å². The fourth-order valence-corrected chi connectivity index (χ4v) is 1.55. The number of halogens is 1. The number of hydrogen-bond donors (Lipinski definition) is 2. The summed E-state index contributed by atoms with van der Waals surface area (Å²) in [5, 5.41) is 2.64. The minimum Gasteiger partial charge on any atom is -0.383 e. The minimum absolute atomic E-state index is 0.00144. The Hall–Kier alpha value is -2.43. The molecule has 3 N–H and O–H groups in total. The number of anilines is 2. The van der Waals surface area contributed by atoms with Gasteiger partial charge in [-0.15, -0.1) is 0 Å². The Bertz CT molecular complexity index is 599. The number of hydrogen-bond acceptors (Lipinski definition) is 3. The van der Waals surface area contributed by atoms with Crippen molar-refractivity contribution in [3.05, 3.63) is 53.5 Å². The number of carbonyl (C=O) groups excluding carboxylic acids is 1. The van der Waals surface area contributed by atoms with E-state index < -0.39 is 11.7 Å². The highest BCUT2D eigenvalue weighted by molar-refractivity contribution is 6.07. The van der Waals surface area contributed by atoms with Crippen LogP contribution in [0.1, 0.15) is 15.9 Å². The van der Waals surface area contributed by atoms with Crippen LogP contribution in [-0.4, -0.2) is 10.9 Å². The predicted octanol–water partition coefficient (Wildman–Crippen LogP) is 2.36. The van der Waals surface area contributed by atoms with Crippen LogP contribution in [0.15, 0.2) is 36.5 Å². The van der Waals surface area contributed by atoms with Crippen LogP contribution in [0.5, 0.6) is 0 Å². The monoisotopic (exact) mass is 245 g/mol. The number of aryl methyl sites for hydroxylation is 1. The molecule has 1 aromatic heterocycles. The maximum Gasteiger partial charge on any atom is 0.259 e. The second-order valence-electron chi connectivity index (χ2n) is 3.91. The lowest BCUT2D eigenvalue weighted by molar-refractivity contribution is 0.102.